The van der Waals surface area contributed by atoms with Gasteiger partial charge in [0, 0.05) is 23.7 Å². The van der Waals surface area contributed by atoms with Gasteiger partial charge in [0.25, 0.3) is 5.91 Å². The Morgan fingerprint density at radius 3 is 2.28 bits per heavy atom. The number of fused-ring (bicyclic) bond motifs is 1. The van der Waals surface area contributed by atoms with Crippen molar-refractivity contribution in [3.63, 3.8) is 0 Å². The first-order chi connectivity index (χ1) is 13.9. The number of halogens is 1. The summed E-state index contributed by atoms with van der Waals surface area (Å²) >= 11 is 0. The van der Waals surface area contributed by atoms with Crippen LogP contribution in [0.2, 0.25) is 0 Å². The summed E-state index contributed by atoms with van der Waals surface area (Å²) in [6.07, 6.45) is 4.94. The van der Waals surface area contributed by atoms with Crippen LogP contribution in [0.25, 0.3) is 16.9 Å². The van der Waals surface area contributed by atoms with Gasteiger partial charge in [0.05, 0.1) is 24.3 Å². The molecular formula is C21H16FN5O2. The molecule has 0 saturated carbocycles. The molecule has 2 aromatic carbocycles. The standard InChI is InChI=1S/C21H16FN5O2/c1-26(21(29)15-6-8-16(22)9-7-15)19-12-27-17(10-24-18(27)11-25-19)13-2-4-14(5-3-13)20(23)28/h2-12H,1H3,(H2,23,28). The van der Waals surface area contributed by atoms with Gasteiger partial charge in [-0.3, -0.25) is 18.9 Å². The van der Waals surface area contributed by atoms with Crippen LogP contribution in [0.15, 0.2) is 67.1 Å². The zero-order valence-corrected chi connectivity index (χ0v) is 15.4. The second-order valence-electron chi connectivity index (χ2n) is 6.43. The van der Waals surface area contributed by atoms with E-state index in [1.165, 1.54) is 29.2 Å². The van der Waals surface area contributed by atoms with E-state index in [1.807, 2.05) is 0 Å². The summed E-state index contributed by atoms with van der Waals surface area (Å²) in [5, 5.41) is 0. The molecule has 7 nitrogen and oxygen atoms in total. The Bertz CT molecular complexity index is 1220. The van der Waals surface area contributed by atoms with Crippen molar-refractivity contribution < 1.29 is 14.0 Å². The molecule has 0 spiro atoms. The highest BCUT2D eigenvalue weighted by Crippen LogP contribution is 2.23. The molecule has 0 bridgehead atoms. The van der Waals surface area contributed by atoms with E-state index >= 15 is 0 Å². The number of nitrogens with zero attached hydrogens (tertiary/aromatic N) is 4. The number of hydrogen-bond acceptors (Lipinski definition) is 4. The molecule has 0 saturated heterocycles. The van der Waals surface area contributed by atoms with Gasteiger partial charge in [-0.25, -0.2) is 14.4 Å². The van der Waals surface area contributed by atoms with Crippen LogP contribution in [0.5, 0.6) is 0 Å². The molecule has 0 aliphatic rings. The second kappa shape index (κ2) is 7.16. The molecule has 4 rings (SSSR count). The number of anilines is 1. The average Bonchev–Trinajstić information content (AvgIpc) is 3.16. The van der Waals surface area contributed by atoms with Crippen molar-refractivity contribution >= 4 is 23.3 Å². The fraction of sp³-hybridized carbons (Fsp3) is 0.0476. The first-order valence-electron chi connectivity index (χ1n) is 8.71. The highest BCUT2D eigenvalue weighted by atomic mass is 19.1. The predicted molar refractivity (Wildman–Crippen MR) is 106 cm³/mol. The number of hydrogen-bond donors (Lipinski definition) is 1. The van der Waals surface area contributed by atoms with E-state index in [9.17, 15) is 14.0 Å². The second-order valence-corrected chi connectivity index (χ2v) is 6.43. The SMILES string of the molecule is CN(C(=O)c1ccc(F)cc1)c1cn2c(-c3ccc(C(N)=O)cc3)cnc2cn1. The lowest BCUT2D eigenvalue weighted by molar-refractivity contribution is 0.0987. The lowest BCUT2D eigenvalue weighted by Gasteiger charge is -2.16. The molecular weight excluding hydrogens is 373 g/mol. The van der Waals surface area contributed by atoms with Gasteiger partial charge in [-0.1, -0.05) is 12.1 Å². The zero-order valence-electron chi connectivity index (χ0n) is 15.4. The van der Waals surface area contributed by atoms with E-state index in [1.54, 1.807) is 54.3 Å². The minimum atomic E-state index is -0.498. The van der Waals surface area contributed by atoms with Crippen molar-refractivity contribution in [1.29, 1.82) is 0 Å². The summed E-state index contributed by atoms with van der Waals surface area (Å²) in [5.41, 5.74) is 8.24. The van der Waals surface area contributed by atoms with Crippen molar-refractivity contribution in [1.82, 2.24) is 14.4 Å². The van der Waals surface area contributed by atoms with Gasteiger partial charge in [0.15, 0.2) is 11.5 Å². The van der Waals surface area contributed by atoms with Crippen LogP contribution < -0.4 is 10.6 Å². The maximum atomic E-state index is 13.1. The molecule has 0 unspecified atom stereocenters. The van der Waals surface area contributed by atoms with E-state index in [2.05, 4.69) is 9.97 Å². The Labute approximate surface area is 165 Å². The van der Waals surface area contributed by atoms with Gasteiger partial charge in [-0.2, -0.15) is 0 Å². The molecule has 2 amide bonds. The molecule has 0 radical (unpaired) electrons. The Morgan fingerprint density at radius 2 is 1.62 bits per heavy atom. The fourth-order valence-corrected chi connectivity index (χ4v) is 2.96. The largest absolute Gasteiger partial charge is 0.366 e. The Kier molecular flexibility index (Phi) is 4.52. The number of rotatable bonds is 4. The van der Waals surface area contributed by atoms with Crippen molar-refractivity contribution in [2.45, 2.75) is 0 Å². The highest BCUT2D eigenvalue weighted by Gasteiger charge is 2.16. The zero-order chi connectivity index (χ0) is 20.5. The van der Waals surface area contributed by atoms with Crippen LogP contribution >= 0.6 is 0 Å². The summed E-state index contributed by atoms with van der Waals surface area (Å²) in [7, 11) is 1.60. The third-order valence-corrected chi connectivity index (χ3v) is 4.59. The topological polar surface area (TPSA) is 93.6 Å². The van der Waals surface area contributed by atoms with E-state index < -0.39 is 11.7 Å². The molecule has 8 heteroatoms. The number of aromatic nitrogens is 3. The fourth-order valence-electron chi connectivity index (χ4n) is 2.96. The number of nitrogens with two attached hydrogens (primary N) is 1. The van der Waals surface area contributed by atoms with Crippen LogP contribution in [0, 0.1) is 5.82 Å². The minimum absolute atomic E-state index is 0.315. The van der Waals surface area contributed by atoms with Gasteiger partial charge in [-0.05, 0) is 36.4 Å². The van der Waals surface area contributed by atoms with Crippen molar-refractivity contribution in [2.24, 2.45) is 5.73 Å². The summed E-state index contributed by atoms with van der Waals surface area (Å²) < 4.78 is 14.9. The Morgan fingerprint density at radius 1 is 0.966 bits per heavy atom. The maximum absolute atomic E-state index is 13.1. The molecule has 29 heavy (non-hydrogen) atoms. The van der Waals surface area contributed by atoms with Crippen LogP contribution in [0.1, 0.15) is 20.7 Å². The van der Waals surface area contributed by atoms with E-state index in [4.69, 9.17) is 5.73 Å². The predicted octanol–water partition coefficient (Wildman–Crippen LogP) is 2.91. The summed E-state index contributed by atoms with van der Waals surface area (Å²) in [6, 6.07) is 12.2. The number of carbonyl (C=O) groups excluding carboxylic acids is 2. The van der Waals surface area contributed by atoms with E-state index in [-0.39, 0.29) is 5.91 Å². The van der Waals surface area contributed by atoms with Crippen LogP contribution in [0.4, 0.5) is 10.2 Å². The van der Waals surface area contributed by atoms with Crippen LogP contribution in [-0.2, 0) is 0 Å². The molecule has 2 N–H and O–H groups in total. The number of primary amides is 1. The number of benzene rings is 2. The van der Waals surface area contributed by atoms with Gasteiger partial charge in [0.2, 0.25) is 5.91 Å². The van der Waals surface area contributed by atoms with Crippen molar-refractivity contribution in [2.75, 3.05) is 11.9 Å². The smallest absolute Gasteiger partial charge is 0.259 e. The van der Waals surface area contributed by atoms with Gasteiger partial charge < -0.3 is 5.73 Å². The van der Waals surface area contributed by atoms with Gasteiger partial charge in [0.1, 0.15) is 5.82 Å². The minimum Gasteiger partial charge on any atom is -0.366 e. The normalized spacial score (nSPS) is 10.8. The number of imidazole rings is 1. The molecule has 0 atom stereocenters. The monoisotopic (exact) mass is 389 g/mol. The molecule has 4 aromatic rings. The van der Waals surface area contributed by atoms with Crippen molar-refractivity contribution in [3.05, 3.63) is 84.1 Å². The van der Waals surface area contributed by atoms with Crippen molar-refractivity contribution in [3.8, 4) is 11.3 Å². The molecule has 144 valence electrons. The van der Waals surface area contributed by atoms with Gasteiger partial charge >= 0.3 is 0 Å². The van der Waals surface area contributed by atoms with Gasteiger partial charge in [-0.15, -0.1) is 0 Å². The summed E-state index contributed by atoms with van der Waals surface area (Å²) in [4.78, 5) is 34.0. The van der Waals surface area contributed by atoms with E-state index in [0.717, 1.165) is 11.3 Å². The first-order valence-corrected chi connectivity index (χ1v) is 8.71. The molecule has 0 aliphatic carbocycles. The molecule has 2 heterocycles. The quantitative estimate of drug-likeness (QED) is 0.581. The van der Waals surface area contributed by atoms with Crippen LogP contribution in [0.3, 0.4) is 0 Å². The molecule has 0 fully saturated rings. The first kappa shape index (κ1) is 18.3. The molecule has 2 aromatic heterocycles. The Hall–Kier alpha value is -4.07. The lowest BCUT2D eigenvalue weighted by Crippen LogP contribution is -2.27. The average molecular weight is 389 g/mol. The summed E-state index contributed by atoms with van der Waals surface area (Å²) in [5.74, 6) is -0.819. The highest BCUT2D eigenvalue weighted by molar-refractivity contribution is 6.05. The van der Waals surface area contributed by atoms with Crippen LogP contribution in [-0.4, -0.2) is 33.2 Å². The lowest BCUT2D eigenvalue weighted by atomic mass is 10.1. The molecule has 0 aliphatic heterocycles. The third kappa shape index (κ3) is 3.43. The number of carbonyl (C=O) groups is 2. The number of amides is 2. The third-order valence-electron chi connectivity index (χ3n) is 4.59. The summed E-state index contributed by atoms with van der Waals surface area (Å²) in [6.45, 7) is 0. The van der Waals surface area contributed by atoms with E-state index in [0.29, 0.717) is 22.6 Å². The maximum Gasteiger partial charge on any atom is 0.259 e. The Balaban J connectivity index is 1.70.